The van der Waals surface area contributed by atoms with Gasteiger partial charge in [-0.3, -0.25) is 0 Å². The molecule has 0 saturated carbocycles. The maximum Gasteiger partial charge on any atom is 0.235 e. The van der Waals surface area contributed by atoms with Crippen molar-refractivity contribution in [3.8, 4) is 0 Å². The van der Waals surface area contributed by atoms with Crippen molar-refractivity contribution in [3.63, 3.8) is 0 Å². The highest BCUT2D eigenvalue weighted by Crippen LogP contribution is 2.05. The molecule has 0 radical (unpaired) electrons. The van der Waals surface area contributed by atoms with Crippen LogP contribution in [0.3, 0.4) is 0 Å². The van der Waals surface area contributed by atoms with Crippen LogP contribution in [0.1, 0.15) is 5.56 Å². The molecule has 0 spiro atoms. The lowest BCUT2D eigenvalue weighted by Crippen LogP contribution is -2.03. The third-order valence-electron chi connectivity index (χ3n) is 1.78. The molecule has 0 aliphatic rings. The molecule has 2 heteroatoms. The number of hydrogen-bond donors (Lipinski definition) is 0. The van der Waals surface area contributed by atoms with Gasteiger partial charge in [-0.15, -0.1) is 6.58 Å². The molecule has 1 unspecified atom stereocenters. The van der Waals surface area contributed by atoms with Gasteiger partial charge in [0.25, 0.3) is 0 Å². The average Bonchev–Trinajstić information content (AvgIpc) is 2.19. The molecule has 0 aromatic heterocycles. The molecular formula is C11H11NO. The van der Waals surface area contributed by atoms with Crippen LogP contribution in [0.4, 0.5) is 0 Å². The number of nitrogens with zero attached hydrogens (tertiary/aromatic N) is 1. The number of carbonyl (C=O) groups excluding carboxylic acids is 1. The van der Waals surface area contributed by atoms with Crippen molar-refractivity contribution < 1.29 is 4.79 Å². The minimum absolute atomic E-state index is 0.153. The van der Waals surface area contributed by atoms with Gasteiger partial charge in [-0.2, -0.15) is 4.99 Å². The van der Waals surface area contributed by atoms with E-state index in [1.165, 1.54) is 0 Å². The van der Waals surface area contributed by atoms with Crippen molar-refractivity contribution in [2.75, 3.05) is 0 Å². The average molecular weight is 173 g/mol. The zero-order chi connectivity index (χ0) is 9.52. The number of benzene rings is 1. The van der Waals surface area contributed by atoms with Gasteiger partial charge in [0, 0.05) is 0 Å². The predicted octanol–water partition coefficient (Wildman–Crippen LogP) is 2.12. The maximum atomic E-state index is 10.0. The van der Waals surface area contributed by atoms with E-state index in [1.54, 1.807) is 12.2 Å². The first kappa shape index (κ1) is 9.43. The molecule has 0 fully saturated rings. The lowest BCUT2D eigenvalue weighted by atomic mass is 10.1. The highest BCUT2D eigenvalue weighted by molar-refractivity contribution is 5.34. The smallest absolute Gasteiger partial charge is 0.211 e. The number of hydrogen-bond acceptors (Lipinski definition) is 2. The van der Waals surface area contributed by atoms with E-state index in [1.807, 2.05) is 30.3 Å². The molecule has 0 saturated heterocycles. The first-order valence-corrected chi connectivity index (χ1v) is 4.10. The highest BCUT2D eigenvalue weighted by Gasteiger charge is 2.01. The summed E-state index contributed by atoms with van der Waals surface area (Å²) >= 11 is 0. The fourth-order valence-electron chi connectivity index (χ4n) is 1.10. The second-order valence-corrected chi connectivity index (χ2v) is 2.71. The summed E-state index contributed by atoms with van der Waals surface area (Å²) < 4.78 is 0. The Hall–Kier alpha value is -1.66. The fourth-order valence-corrected chi connectivity index (χ4v) is 1.10. The van der Waals surface area contributed by atoms with Gasteiger partial charge in [0.2, 0.25) is 6.08 Å². The predicted molar refractivity (Wildman–Crippen MR) is 52.3 cm³/mol. The van der Waals surface area contributed by atoms with Crippen LogP contribution < -0.4 is 0 Å². The SMILES string of the molecule is C=CC(Cc1ccccc1)N=C=O. The zero-order valence-corrected chi connectivity index (χ0v) is 7.31. The molecule has 0 bridgehead atoms. The van der Waals surface area contributed by atoms with Gasteiger partial charge in [-0.1, -0.05) is 36.4 Å². The van der Waals surface area contributed by atoms with Crippen LogP contribution in [0.2, 0.25) is 0 Å². The topological polar surface area (TPSA) is 29.4 Å². The van der Waals surface area contributed by atoms with Gasteiger partial charge < -0.3 is 0 Å². The standard InChI is InChI=1S/C11H11NO/c1-2-11(12-9-13)8-10-6-4-3-5-7-10/h2-7,11H,1,8H2. The molecule has 0 heterocycles. The highest BCUT2D eigenvalue weighted by atomic mass is 16.1. The van der Waals surface area contributed by atoms with Crippen LogP contribution in [0.15, 0.2) is 48.0 Å². The summed E-state index contributed by atoms with van der Waals surface area (Å²) in [6.45, 7) is 3.60. The van der Waals surface area contributed by atoms with E-state index in [9.17, 15) is 4.79 Å². The number of rotatable bonds is 4. The molecule has 0 aliphatic heterocycles. The van der Waals surface area contributed by atoms with Crippen LogP contribution in [0, 0.1) is 0 Å². The van der Waals surface area contributed by atoms with E-state index in [4.69, 9.17) is 0 Å². The minimum Gasteiger partial charge on any atom is -0.211 e. The Kier molecular flexibility index (Phi) is 3.68. The molecular weight excluding hydrogens is 162 g/mol. The summed E-state index contributed by atoms with van der Waals surface area (Å²) in [5, 5.41) is 0. The van der Waals surface area contributed by atoms with Gasteiger partial charge in [0.15, 0.2) is 0 Å². The van der Waals surface area contributed by atoms with Gasteiger partial charge in [-0.25, -0.2) is 4.79 Å². The quantitative estimate of drug-likeness (QED) is 0.389. The summed E-state index contributed by atoms with van der Waals surface area (Å²) in [6, 6.07) is 9.71. The molecule has 66 valence electrons. The summed E-state index contributed by atoms with van der Waals surface area (Å²) in [7, 11) is 0. The summed E-state index contributed by atoms with van der Waals surface area (Å²) in [5.74, 6) is 0. The van der Waals surface area contributed by atoms with Crippen molar-refractivity contribution >= 4 is 6.08 Å². The Morgan fingerprint density at radius 2 is 2.15 bits per heavy atom. The molecule has 13 heavy (non-hydrogen) atoms. The molecule has 2 nitrogen and oxygen atoms in total. The first-order chi connectivity index (χ1) is 6.36. The molecule has 1 rings (SSSR count). The van der Waals surface area contributed by atoms with E-state index in [-0.39, 0.29) is 6.04 Å². The lowest BCUT2D eigenvalue weighted by Gasteiger charge is -2.03. The number of isocyanates is 1. The zero-order valence-electron chi connectivity index (χ0n) is 7.31. The molecule has 1 atom stereocenters. The Morgan fingerprint density at radius 3 is 2.69 bits per heavy atom. The van der Waals surface area contributed by atoms with Crippen molar-refractivity contribution in [2.45, 2.75) is 12.5 Å². The van der Waals surface area contributed by atoms with Crippen molar-refractivity contribution in [1.29, 1.82) is 0 Å². The summed E-state index contributed by atoms with van der Waals surface area (Å²) in [6.07, 6.45) is 3.90. The third-order valence-corrected chi connectivity index (χ3v) is 1.78. The van der Waals surface area contributed by atoms with E-state index in [0.717, 1.165) is 5.56 Å². The molecule has 1 aromatic rings. The van der Waals surface area contributed by atoms with Gasteiger partial charge in [-0.05, 0) is 12.0 Å². The largest absolute Gasteiger partial charge is 0.235 e. The van der Waals surface area contributed by atoms with Gasteiger partial charge >= 0.3 is 0 Å². The Labute approximate surface area is 77.6 Å². The molecule has 0 N–H and O–H groups in total. The van der Waals surface area contributed by atoms with Crippen LogP contribution in [0.5, 0.6) is 0 Å². The second kappa shape index (κ2) is 5.07. The monoisotopic (exact) mass is 173 g/mol. The van der Waals surface area contributed by atoms with Crippen molar-refractivity contribution in [1.82, 2.24) is 0 Å². The van der Waals surface area contributed by atoms with E-state index in [2.05, 4.69) is 11.6 Å². The second-order valence-electron chi connectivity index (χ2n) is 2.71. The molecule has 0 amide bonds. The van der Waals surface area contributed by atoms with Crippen LogP contribution in [-0.2, 0) is 11.2 Å². The van der Waals surface area contributed by atoms with Crippen LogP contribution in [0.25, 0.3) is 0 Å². The van der Waals surface area contributed by atoms with Crippen molar-refractivity contribution in [3.05, 3.63) is 48.6 Å². The van der Waals surface area contributed by atoms with Gasteiger partial charge in [0.1, 0.15) is 0 Å². The fraction of sp³-hybridized carbons (Fsp3) is 0.182. The van der Waals surface area contributed by atoms with E-state index in [0.29, 0.717) is 6.42 Å². The Balaban J connectivity index is 2.67. The van der Waals surface area contributed by atoms with Crippen LogP contribution >= 0.6 is 0 Å². The third kappa shape index (κ3) is 3.06. The van der Waals surface area contributed by atoms with E-state index >= 15 is 0 Å². The summed E-state index contributed by atoms with van der Waals surface area (Å²) in [5.41, 5.74) is 1.14. The van der Waals surface area contributed by atoms with Crippen molar-refractivity contribution in [2.24, 2.45) is 4.99 Å². The molecule has 1 aromatic carbocycles. The maximum absolute atomic E-state index is 10.0. The first-order valence-electron chi connectivity index (χ1n) is 4.10. The Morgan fingerprint density at radius 1 is 1.46 bits per heavy atom. The summed E-state index contributed by atoms with van der Waals surface area (Å²) in [4.78, 5) is 13.6. The minimum atomic E-state index is -0.153. The number of aliphatic imine (C=N–C) groups is 1. The molecule has 0 aliphatic carbocycles. The van der Waals surface area contributed by atoms with Crippen LogP contribution in [-0.4, -0.2) is 12.1 Å². The Bertz CT molecular complexity index is 312. The van der Waals surface area contributed by atoms with E-state index < -0.39 is 0 Å². The van der Waals surface area contributed by atoms with Gasteiger partial charge in [0.05, 0.1) is 6.04 Å². The lowest BCUT2D eigenvalue weighted by molar-refractivity contribution is 0.560. The normalized spacial score (nSPS) is 11.4.